The molecule has 0 amide bonds. The molecule has 0 N–H and O–H groups in total. The topological polar surface area (TPSA) is 21.6 Å². The molecule has 1 aliphatic carbocycles. The fraction of sp³-hybridized carbons (Fsp3) is 0.450. The molecule has 2 nitrogen and oxygen atoms in total. The maximum atomic E-state index is 6.08. The lowest BCUT2D eigenvalue weighted by molar-refractivity contribution is 0.283. The van der Waals surface area contributed by atoms with Gasteiger partial charge >= 0.3 is 0 Å². The molecule has 1 heterocycles. The summed E-state index contributed by atoms with van der Waals surface area (Å²) in [5, 5.41) is 1.53. The van der Waals surface area contributed by atoms with E-state index in [0.29, 0.717) is 12.0 Å². The van der Waals surface area contributed by atoms with E-state index in [9.17, 15) is 0 Å². The van der Waals surface area contributed by atoms with Crippen LogP contribution in [0.2, 0.25) is 19.6 Å². The van der Waals surface area contributed by atoms with E-state index in [1.54, 1.807) is 0 Å². The Morgan fingerprint density at radius 3 is 2.42 bits per heavy atom. The lowest BCUT2D eigenvalue weighted by Gasteiger charge is -2.27. The predicted molar refractivity (Wildman–Crippen MR) is 107 cm³/mol. The van der Waals surface area contributed by atoms with E-state index in [1.807, 2.05) is 11.8 Å². The molecular formula is C20H27NOSSi. The molecule has 0 spiro atoms. The zero-order valence-electron chi connectivity index (χ0n) is 15.2. The average Bonchev–Trinajstić information content (AvgIpc) is 3.14. The van der Waals surface area contributed by atoms with E-state index in [1.165, 1.54) is 15.0 Å². The molecule has 3 rings (SSSR count). The van der Waals surface area contributed by atoms with Gasteiger partial charge in [-0.15, -0.1) is 0 Å². The molecular weight excluding hydrogens is 330 g/mol. The van der Waals surface area contributed by atoms with Gasteiger partial charge in [-0.3, -0.25) is 0 Å². The molecule has 2 aliphatic rings. The van der Waals surface area contributed by atoms with Gasteiger partial charge in [0.15, 0.2) is 5.90 Å². The van der Waals surface area contributed by atoms with Crippen LogP contribution >= 0.6 is 11.8 Å². The molecule has 0 fully saturated rings. The standard InChI is InChI=1S/C20H27NOSSi/c1-14(2)16-13-22-20(21-16)19-17(11-12-18(19)24(3,4)5)23-15-9-7-6-8-10-15/h6-12,14,16,19H,13H2,1-5H3/t16-,19?/m1/s1. The first-order valence-electron chi connectivity index (χ1n) is 8.72. The van der Waals surface area contributed by atoms with Crippen LogP contribution in [0.4, 0.5) is 0 Å². The number of hydrogen-bond donors (Lipinski definition) is 0. The summed E-state index contributed by atoms with van der Waals surface area (Å²) in [4.78, 5) is 7.57. The Kier molecular flexibility index (Phi) is 5.07. The number of ether oxygens (including phenoxy) is 1. The molecule has 0 saturated heterocycles. The number of benzene rings is 1. The molecule has 128 valence electrons. The summed E-state index contributed by atoms with van der Waals surface area (Å²) in [6, 6.07) is 10.9. The van der Waals surface area contributed by atoms with Gasteiger partial charge in [0, 0.05) is 9.80 Å². The van der Waals surface area contributed by atoms with Gasteiger partial charge in [0.05, 0.1) is 20.0 Å². The molecule has 0 saturated carbocycles. The summed E-state index contributed by atoms with van der Waals surface area (Å²) in [5.41, 5.74) is 0. The maximum absolute atomic E-state index is 6.08. The monoisotopic (exact) mass is 357 g/mol. The Balaban J connectivity index is 1.89. The van der Waals surface area contributed by atoms with Crippen molar-refractivity contribution in [3.63, 3.8) is 0 Å². The highest BCUT2D eigenvalue weighted by molar-refractivity contribution is 8.03. The Morgan fingerprint density at radius 1 is 1.12 bits per heavy atom. The molecule has 0 bridgehead atoms. The van der Waals surface area contributed by atoms with Crippen molar-refractivity contribution in [3.8, 4) is 0 Å². The first kappa shape index (κ1) is 17.6. The van der Waals surface area contributed by atoms with Crippen molar-refractivity contribution in [2.75, 3.05) is 6.61 Å². The minimum Gasteiger partial charge on any atom is -0.478 e. The van der Waals surface area contributed by atoms with Crippen LogP contribution in [-0.2, 0) is 4.74 Å². The molecule has 1 aliphatic heterocycles. The normalized spacial score (nSPS) is 23.8. The van der Waals surface area contributed by atoms with Gasteiger partial charge in [-0.2, -0.15) is 0 Å². The zero-order chi connectivity index (χ0) is 17.3. The number of thioether (sulfide) groups is 1. The first-order valence-corrected chi connectivity index (χ1v) is 13.0. The number of allylic oxidation sites excluding steroid dienone is 2. The van der Waals surface area contributed by atoms with Crippen LogP contribution in [-0.4, -0.2) is 26.6 Å². The van der Waals surface area contributed by atoms with E-state index in [-0.39, 0.29) is 5.92 Å². The summed E-state index contributed by atoms with van der Waals surface area (Å²) in [6.07, 6.45) is 4.61. The van der Waals surface area contributed by atoms with Crippen LogP contribution in [0.5, 0.6) is 0 Å². The number of aliphatic imine (C=N–C) groups is 1. The zero-order valence-corrected chi connectivity index (χ0v) is 17.1. The first-order chi connectivity index (χ1) is 11.4. The molecule has 4 heteroatoms. The van der Waals surface area contributed by atoms with Gasteiger partial charge in [0.1, 0.15) is 6.61 Å². The summed E-state index contributed by atoms with van der Waals surface area (Å²) < 4.78 is 6.08. The van der Waals surface area contributed by atoms with Gasteiger partial charge in [-0.05, 0) is 18.1 Å². The summed E-state index contributed by atoms with van der Waals surface area (Å²) >= 11 is 1.85. The second-order valence-corrected chi connectivity index (χ2v) is 14.1. The molecule has 2 atom stereocenters. The molecule has 1 aromatic rings. The average molecular weight is 358 g/mol. The number of rotatable bonds is 5. The van der Waals surface area contributed by atoms with Crippen LogP contribution in [0.25, 0.3) is 0 Å². The van der Waals surface area contributed by atoms with Crippen molar-refractivity contribution >= 4 is 25.7 Å². The van der Waals surface area contributed by atoms with Crippen LogP contribution in [0.15, 0.2) is 62.5 Å². The van der Waals surface area contributed by atoms with Gasteiger partial charge in [-0.25, -0.2) is 4.99 Å². The highest BCUT2D eigenvalue weighted by Gasteiger charge is 2.39. The van der Waals surface area contributed by atoms with Gasteiger partial charge in [0.25, 0.3) is 0 Å². The molecule has 0 radical (unpaired) electrons. The highest BCUT2D eigenvalue weighted by Crippen LogP contribution is 2.44. The van der Waals surface area contributed by atoms with Gasteiger partial charge in [0.2, 0.25) is 0 Å². The van der Waals surface area contributed by atoms with E-state index in [2.05, 4.69) is 76.0 Å². The molecule has 24 heavy (non-hydrogen) atoms. The number of nitrogens with zero attached hydrogens (tertiary/aromatic N) is 1. The summed E-state index contributed by atoms with van der Waals surface area (Å²) in [7, 11) is -1.43. The van der Waals surface area contributed by atoms with Crippen molar-refractivity contribution in [2.45, 2.75) is 44.4 Å². The van der Waals surface area contributed by atoms with E-state index in [0.717, 1.165) is 12.5 Å². The summed E-state index contributed by atoms with van der Waals surface area (Å²) in [6.45, 7) is 12.4. The maximum Gasteiger partial charge on any atom is 0.195 e. The smallest absolute Gasteiger partial charge is 0.195 e. The highest BCUT2D eigenvalue weighted by atomic mass is 32.2. The Morgan fingerprint density at radius 2 is 1.83 bits per heavy atom. The van der Waals surface area contributed by atoms with Crippen molar-refractivity contribution in [2.24, 2.45) is 16.8 Å². The van der Waals surface area contributed by atoms with Gasteiger partial charge < -0.3 is 4.74 Å². The van der Waals surface area contributed by atoms with Crippen LogP contribution in [0.3, 0.4) is 0 Å². The van der Waals surface area contributed by atoms with E-state index < -0.39 is 8.07 Å². The summed E-state index contributed by atoms with van der Waals surface area (Å²) in [5.74, 6) is 1.69. The third kappa shape index (κ3) is 3.70. The Hall–Kier alpha value is -1.26. The molecule has 1 unspecified atom stereocenters. The minimum absolute atomic E-state index is 0.227. The third-order valence-corrected chi connectivity index (χ3v) is 7.88. The Labute approximate surface area is 151 Å². The SMILES string of the molecule is CC(C)[C@H]1COC(C2C(Sc3ccccc3)=CC=C2[Si](C)(C)C)=N1. The number of hydrogen-bond acceptors (Lipinski definition) is 3. The fourth-order valence-corrected chi connectivity index (χ4v) is 5.96. The second-order valence-electron chi connectivity index (χ2n) is 7.88. The Bertz CT molecular complexity index is 685. The van der Waals surface area contributed by atoms with Crippen molar-refractivity contribution < 1.29 is 4.74 Å². The molecule has 0 aromatic heterocycles. The minimum atomic E-state index is -1.43. The molecule has 1 aromatic carbocycles. The van der Waals surface area contributed by atoms with Gasteiger partial charge in [-0.1, -0.05) is 80.8 Å². The lowest BCUT2D eigenvalue weighted by atomic mass is 10.1. The van der Waals surface area contributed by atoms with Crippen molar-refractivity contribution in [1.29, 1.82) is 0 Å². The fourth-order valence-electron chi connectivity index (χ4n) is 3.08. The van der Waals surface area contributed by atoms with E-state index in [4.69, 9.17) is 9.73 Å². The van der Waals surface area contributed by atoms with Crippen LogP contribution < -0.4 is 0 Å². The largest absolute Gasteiger partial charge is 0.478 e. The van der Waals surface area contributed by atoms with Crippen molar-refractivity contribution in [1.82, 2.24) is 0 Å². The third-order valence-electron chi connectivity index (χ3n) is 4.58. The van der Waals surface area contributed by atoms with Crippen LogP contribution in [0, 0.1) is 11.8 Å². The second kappa shape index (κ2) is 6.93. The van der Waals surface area contributed by atoms with Crippen molar-refractivity contribution in [3.05, 3.63) is 52.6 Å². The predicted octanol–water partition coefficient (Wildman–Crippen LogP) is 5.55. The lowest BCUT2D eigenvalue weighted by Crippen LogP contribution is -2.32. The van der Waals surface area contributed by atoms with Crippen LogP contribution in [0.1, 0.15) is 13.8 Å². The van der Waals surface area contributed by atoms with E-state index >= 15 is 0 Å². The quantitative estimate of drug-likeness (QED) is 0.644.